The number of halogens is 1. The van der Waals surface area contributed by atoms with E-state index in [1.807, 2.05) is 19.1 Å². The molecule has 1 rings (SSSR count). The van der Waals surface area contributed by atoms with Gasteiger partial charge in [0.25, 0.3) is 0 Å². The summed E-state index contributed by atoms with van der Waals surface area (Å²) in [6.07, 6.45) is 0. The Morgan fingerprint density at radius 2 is 2.00 bits per heavy atom. The average molecular weight is 287 g/mol. The lowest BCUT2D eigenvalue weighted by Crippen LogP contribution is -2.36. The SMILES string of the molecule is CCOc1cccc(CN(C)CC(C)(C)CN)c1.Cl. The number of benzene rings is 1. The van der Waals surface area contributed by atoms with Gasteiger partial charge in [-0.2, -0.15) is 0 Å². The van der Waals surface area contributed by atoms with Crippen molar-refractivity contribution in [3.63, 3.8) is 0 Å². The highest BCUT2D eigenvalue weighted by Crippen LogP contribution is 2.18. The van der Waals surface area contributed by atoms with Gasteiger partial charge in [0.2, 0.25) is 0 Å². The van der Waals surface area contributed by atoms with Gasteiger partial charge >= 0.3 is 0 Å². The smallest absolute Gasteiger partial charge is 0.119 e. The highest BCUT2D eigenvalue weighted by atomic mass is 35.5. The van der Waals surface area contributed by atoms with E-state index in [0.29, 0.717) is 13.2 Å². The monoisotopic (exact) mass is 286 g/mol. The summed E-state index contributed by atoms with van der Waals surface area (Å²) in [6.45, 7) is 9.71. The fourth-order valence-electron chi connectivity index (χ4n) is 2.06. The molecule has 2 N–H and O–H groups in total. The van der Waals surface area contributed by atoms with Gasteiger partial charge in [0.1, 0.15) is 5.75 Å². The first-order valence-electron chi connectivity index (χ1n) is 6.57. The van der Waals surface area contributed by atoms with E-state index >= 15 is 0 Å². The fraction of sp³-hybridized carbons (Fsp3) is 0.600. The van der Waals surface area contributed by atoms with Gasteiger partial charge in [-0.1, -0.05) is 26.0 Å². The van der Waals surface area contributed by atoms with Crippen molar-refractivity contribution in [3.8, 4) is 5.75 Å². The van der Waals surface area contributed by atoms with Crippen LogP contribution in [-0.4, -0.2) is 31.6 Å². The van der Waals surface area contributed by atoms with Crippen LogP contribution in [0.15, 0.2) is 24.3 Å². The third-order valence-electron chi connectivity index (χ3n) is 2.91. The first-order chi connectivity index (χ1) is 8.46. The van der Waals surface area contributed by atoms with Crippen LogP contribution in [0.4, 0.5) is 0 Å². The molecule has 0 fully saturated rings. The Kier molecular flexibility index (Phi) is 8.07. The Balaban J connectivity index is 0.00000324. The molecular formula is C15H27ClN2O. The molecule has 0 amide bonds. The van der Waals surface area contributed by atoms with E-state index in [4.69, 9.17) is 10.5 Å². The Morgan fingerprint density at radius 3 is 2.58 bits per heavy atom. The molecule has 19 heavy (non-hydrogen) atoms. The highest BCUT2D eigenvalue weighted by molar-refractivity contribution is 5.85. The number of nitrogens with two attached hydrogens (primary N) is 1. The van der Waals surface area contributed by atoms with Crippen molar-refractivity contribution >= 4 is 12.4 Å². The molecule has 0 unspecified atom stereocenters. The second-order valence-electron chi connectivity index (χ2n) is 5.62. The van der Waals surface area contributed by atoms with Crippen LogP contribution in [0, 0.1) is 5.41 Å². The minimum Gasteiger partial charge on any atom is -0.494 e. The van der Waals surface area contributed by atoms with Gasteiger partial charge < -0.3 is 15.4 Å². The zero-order valence-electron chi connectivity index (χ0n) is 12.5. The maximum atomic E-state index is 5.76. The molecule has 0 saturated heterocycles. The predicted molar refractivity (Wildman–Crippen MR) is 84.0 cm³/mol. The number of rotatable bonds is 7. The van der Waals surface area contributed by atoms with Crippen molar-refractivity contribution in [1.82, 2.24) is 4.90 Å². The van der Waals surface area contributed by atoms with E-state index in [1.54, 1.807) is 0 Å². The Morgan fingerprint density at radius 1 is 1.32 bits per heavy atom. The van der Waals surface area contributed by atoms with Crippen molar-refractivity contribution in [3.05, 3.63) is 29.8 Å². The summed E-state index contributed by atoms with van der Waals surface area (Å²) in [4.78, 5) is 2.30. The molecule has 0 aliphatic heterocycles. The van der Waals surface area contributed by atoms with E-state index in [2.05, 4.69) is 37.9 Å². The van der Waals surface area contributed by atoms with Crippen molar-refractivity contribution < 1.29 is 4.74 Å². The van der Waals surface area contributed by atoms with Gasteiger partial charge in [-0.15, -0.1) is 12.4 Å². The predicted octanol–water partition coefficient (Wildman–Crippen LogP) is 2.92. The topological polar surface area (TPSA) is 38.5 Å². The minimum atomic E-state index is 0. The lowest BCUT2D eigenvalue weighted by Gasteiger charge is -2.29. The summed E-state index contributed by atoms with van der Waals surface area (Å²) >= 11 is 0. The molecule has 4 heteroatoms. The molecule has 0 atom stereocenters. The second kappa shape index (κ2) is 8.41. The van der Waals surface area contributed by atoms with Crippen LogP contribution < -0.4 is 10.5 Å². The Labute approximate surface area is 123 Å². The quantitative estimate of drug-likeness (QED) is 0.838. The van der Waals surface area contributed by atoms with Crippen LogP contribution in [0.1, 0.15) is 26.3 Å². The lowest BCUT2D eigenvalue weighted by molar-refractivity contribution is 0.209. The molecule has 0 heterocycles. The third-order valence-corrected chi connectivity index (χ3v) is 2.91. The highest BCUT2D eigenvalue weighted by Gasteiger charge is 2.18. The van der Waals surface area contributed by atoms with Crippen LogP contribution in [0.3, 0.4) is 0 Å². The van der Waals surface area contributed by atoms with E-state index in [1.165, 1.54) is 5.56 Å². The molecule has 110 valence electrons. The van der Waals surface area contributed by atoms with E-state index in [0.717, 1.165) is 18.8 Å². The van der Waals surface area contributed by atoms with Crippen LogP contribution >= 0.6 is 12.4 Å². The number of hydrogen-bond acceptors (Lipinski definition) is 3. The third kappa shape index (κ3) is 6.81. The van der Waals surface area contributed by atoms with Crippen LogP contribution in [0.25, 0.3) is 0 Å². The summed E-state index contributed by atoms with van der Waals surface area (Å²) in [5.41, 5.74) is 7.20. The van der Waals surface area contributed by atoms with Crippen molar-refractivity contribution in [2.45, 2.75) is 27.3 Å². The van der Waals surface area contributed by atoms with E-state index in [9.17, 15) is 0 Å². The maximum Gasteiger partial charge on any atom is 0.119 e. The molecule has 0 aliphatic rings. The maximum absolute atomic E-state index is 5.76. The molecule has 0 aliphatic carbocycles. The summed E-state index contributed by atoms with van der Waals surface area (Å²) in [6, 6.07) is 8.28. The largest absolute Gasteiger partial charge is 0.494 e. The molecule has 0 aromatic heterocycles. The fourth-order valence-corrected chi connectivity index (χ4v) is 2.06. The van der Waals surface area contributed by atoms with Gasteiger partial charge in [-0.05, 0) is 43.6 Å². The zero-order valence-corrected chi connectivity index (χ0v) is 13.3. The molecular weight excluding hydrogens is 260 g/mol. The van der Waals surface area contributed by atoms with E-state index in [-0.39, 0.29) is 17.8 Å². The van der Waals surface area contributed by atoms with Gasteiger partial charge in [-0.25, -0.2) is 0 Å². The molecule has 0 spiro atoms. The average Bonchev–Trinajstić information content (AvgIpc) is 2.29. The molecule has 0 bridgehead atoms. The molecule has 0 radical (unpaired) electrons. The number of ether oxygens (including phenoxy) is 1. The molecule has 1 aromatic carbocycles. The zero-order chi connectivity index (χ0) is 13.6. The van der Waals surface area contributed by atoms with Gasteiger partial charge in [0, 0.05) is 13.1 Å². The molecule has 1 aromatic rings. The van der Waals surface area contributed by atoms with Crippen LogP contribution in [-0.2, 0) is 6.54 Å². The standard InChI is InChI=1S/C15H26N2O.ClH/c1-5-18-14-8-6-7-13(9-14)10-17(4)12-15(2,3)11-16;/h6-9H,5,10-12,16H2,1-4H3;1H. The first-order valence-corrected chi connectivity index (χ1v) is 6.57. The van der Waals surface area contributed by atoms with Crippen LogP contribution in [0.5, 0.6) is 5.75 Å². The Bertz CT molecular complexity index is 369. The van der Waals surface area contributed by atoms with Crippen molar-refractivity contribution in [2.24, 2.45) is 11.1 Å². The number of hydrogen-bond donors (Lipinski definition) is 1. The summed E-state index contributed by atoms with van der Waals surface area (Å²) in [5.74, 6) is 0.946. The Hall–Kier alpha value is -0.770. The minimum absolute atomic E-state index is 0. The molecule has 0 saturated carbocycles. The van der Waals surface area contributed by atoms with Gasteiger partial charge in [0.15, 0.2) is 0 Å². The van der Waals surface area contributed by atoms with Gasteiger partial charge in [0.05, 0.1) is 6.61 Å². The molecule has 3 nitrogen and oxygen atoms in total. The van der Waals surface area contributed by atoms with Crippen LogP contribution in [0.2, 0.25) is 0 Å². The van der Waals surface area contributed by atoms with Crippen molar-refractivity contribution in [2.75, 3.05) is 26.7 Å². The summed E-state index contributed by atoms with van der Waals surface area (Å²) in [7, 11) is 2.13. The second-order valence-corrected chi connectivity index (χ2v) is 5.62. The first kappa shape index (κ1) is 18.2. The van der Waals surface area contributed by atoms with Gasteiger partial charge in [-0.3, -0.25) is 0 Å². The van der Waals surface area contributed by atoms with Crippen molar-refractivity contribution in [1.29, 1.82) is 0 Å². The lowest BCUT2D eigenvalue weighted by atomic mass is 9.93. The normalized spacial score (nSPS) is 11.3. The summed E-state index contributed by atoms with van der Waals surface area (Å²) in [5, 5.41) is 0. The van der Waals surface area contributed by atoms with E-state index < -0.39 is 0 Å². The number of nitrogens with zero attached hydrogens (tertiary/aromatic N) is 1. The summed E-state index contributed by atoms with van der Waals surface area (Å²) < 4.78 is 5.51.